The van der Waals surface area contributed by atoms with Crippen molar-refractivity contribution in [2.24, 2.45) is 0 Å². The largest absolute Gasteiger partial charge is 0.489 e. The minimum atomic E-state index is -4.36. The molecule has 4 nitrogen and oxygen atoms in total. The van der Waals surface area contributed by atoms with Crippen molar-refractivity contribution in [3.63, 3.8) is 0 Å². The van der Waals surface area contributed by atoms with Crippen LogP contribution < -0.4 is 10.1 Å². The summed E-state index contributed by atoms with van der Waals surface area (Å²) >= 11 is 0. The number of benzene rings is 3. The number of halogens is 4. The lowest BCUT2D eigenvalue weighted by atomic mass is 10.0. The molecular weight excluding hydrogens is 462 g/mol. The first-order valence-electron chi connectivity index (χ1n) is 11.3. The molecule has 0 amide bonds. The van der Waals surface area contributed by atoms with Crippen LogP contribution in [0.4, 0.5) is 17.6 Å². The number of carboxylic acids is 1. The van der Waals surface area contributed by atoms with Crippen LogP contribution in [0.3, 0.4) is 0 Å². The van der Waals surface area contributed by atoms with Crippen LogP contribution in [0.2, 0.25) is 0 Å². The maximum absolute atomic E-state index is 13.8. The first kappa shape index (κ1) is 26.2. The van der Waals surface area contributed by atoms with Gasteiger partial charge in [0.2, 0.25) is 0 Å². The molecule has 0 unspecified atom stereocenters. The summed E-state index contributed by atoms with van der Waals surface area (Å²) < 4.78 is 57.9. The minimum Gasteiger partial charge on any atom is -0.489 e. The summed E-state index contributed by atoms with van der Waals surface area (Å²) in [6.45, 7) is 1.55. The Morgan fingerprint density at radius 1 is 0.886 bits per heavy atom. The summed E-state index contributed by atoms with van der Waals surface area (Å²) in [4.78, 5) is 10.5. The van der Waals surface area contributed by atoms with Gasteiger partial charge in [-0.3, -0.25) is 4.79 Å². The number of rotatable bonds is 12. The van der Waals surface area contributed by atoms with Crippen LogP contribution in [0.1, 0.15) is 36.0 Å². The Bertz CT molecular complexity index is 1100. The Morgan fingerprint density at radius 3 is 2.17 bits per heavy atom. The van der Waals surface area contributed by atoms with Gasteiger partial charge in [-0.25, -0.2) is 4.39 Å². The quantitative estimate of drug-likeness (QED) is 0.226. The summed E-state index contributed by atoms with van der Waals surface area (Å²) in [7, 11) is 0. The van der Waals surface area contributed by atoms with E-state index in [1.54, 1.807) is 6.07 Å². The van der Waals surface area contributed by atoms with Gasteiger partial charge in [0.1, 0.15) is 18.2 Å². The van der Waals surface area contributed by atoms with Gasteiger partial charge in [-0.15, -0.1) is 0 Å². The highest BCUT2D eigenvalue weighted by Crippen LogP contribution is 2.31. The monoisotopic (exact) mass is 489 g/mol. The number of alkyl halides is 3. The minimum absolute atomic E-state index is 0.148. The van der Waals surface area contributed by atoms with E-state index in [4.69, 9.17) is 9.84 Å². The van der Waals surface area contributed by atoms with E-state index in [0.717, 1.165) is 35.2 Å². The van der Waals surface area contributed by atoms with Gasteiger partial charge in [0.05, 0.1) is 5.56 Å². The highest BCUT2D eigenvalue weighted by atomic mass is 19.4. The van der Waals surface area contributed by atoms with Gasteiger partial charge in [0, 0.05) is 6.42 Å². The van der Waals surface area contributed by atoms with Crippen molar-refractivity contribution in [3.8, 4) is 16.9 Å². The van der Waals surface area contributed by atoms with Gasteiger partial charge in [-0.05, 0) is 84.9 Å². The molecule has 0 fully saturated rings. The van der Waals surface area contributed by atoms with Crippen LogP contribution in [0.15, 0.2) is 66.7 Å². The first-order valence-corrected chi connectivity index (χ1v) is 11.3. The summed E-state index contributed by atoms with van der Waals surface area (Å²) in [5.41, 5.74) is 2.38. The van der Waals surface area contributed by atoms with E-state index in [1.165, 1.54) is 24.3 Å². The predicted octanol–water partition coefficient (Wildman–Crippen LogP) is 6.48. The summed E-state index contributed by atoms with van der Waals surface area (Å²) in [5.74, 6) is -0.582. The van der Waals surface area contributed by atoms with Crippen LogP contribution >= 0.6 is 0 Å². The molecule has 186 valence electrons. The van der Waals surface area contributed by atoms with E-state index < -0.39 is 17.7 Å². The number of ether oxygens (including phenoxy) is 1. The van der Waals surface area contributed by atoms with E-state index in [-0.39, 0.29) is 18.8 Å². The van der Waals surface area contributed by atoms with Gasteiger partial charge < -0.3 is 15.2 Å². The third kappa shape index (κ3) is 8.40. The number of nitrogens with one attached hydrogen (secondary N) is 1. The molecule has 2 N–H and O–H groups in total. The standard InChI is InChI=1S/C27H27F4NO3/c28-24-12-13-25(22(17-24)14-16-32-15-2-1-3-26(33)34)35-18-19-4-6-20(7-5-19)21-8-10-23(11-9-21)27(29,30)31/h4-13,17,32H,1-3,14-16,18H2,(H,33,34). The smallest absolute Gasteiger partial charge is 0.416 e. The van der Waals surface area contributed by atoms with Crippen molar-refractivity contribution in [2.45, 2.75) is 38.5 Å². The molecule has 0 aromatic heterocycles. The molecule has 0 aliphatic heterocycles. The molecule has 0 heterocycles. The zero-order valence-electron chi connectivity index (χ0n) is 19.1. The lowest BCUT2D eigenvalue weighted by molar-refractivity contribution is -0.138. The second kappa shape index (κ2) is 12.4. The predicted molar refractivity (Wildman–Crippen MR) is 126 cm³/mol. The second-order valence-corrected chi connectivity index (χ2v) is 8.16. The molecule has 3 rings (SSSR count). The molecule has 0 saturated heterocycles. The van der Waals surface area contributed by atoms with E-state index >= 15 is 0 Å². The van der Waals surface area contributed by atoms with Gasteiger partial charge >= 0.3 is 12.1 Å². The lowest BCUT2D eigenvalue weighted by Crippen LogP contribution is -2.19. The SMILES string of the molecule is O=C(O)CCCCNCCc1cc(F)ccc1OCc1ccc(-c2ccc(C(F)(F)F)cc2)cc1. The Kier molecular flexibility index (Phi) is 9.25. The van der Waals surface area contributed by atoms with Crippen LogP contribution in [0, 0.1) is 5.82 Å². The normalized spacial score (nSPS) is 11.4. The molecule has 35 heavy (non-hydrogen) atoms. The number of hydrogen-bond acceptors (Lipinski definition) is 3. The third-order valence-electron chi connectivity index (χ3n) is 5.48. The molecule has 0 saturated carbocycles. The average molecular weight is 490 g/mol. The van der Waals surface area contributed by atoms with Gasteiger partial charge in [-0.1, -0.05) is 36.4 Å². The molecule has 3 aromatic carbocycles. The Balaban J connectivity index is 1.53. The third-order valence-corrected chi connectivity index (χ3v) is 5.48. The first-order chi connectivity index (χ1) is 16.7. The van der Waals surface area contributed by atoms with E-state index in [2.05, 4.69) is 5.32 Å². The Hall–Kier alpha value is -3.39. The van der Waals surface area contributed by atoms with Crippen molar-refractivity contribution >= 4 is 5.97 Å². The van der Waals surface area contributed by atoms with E-state index in [0.29, 0.717) is 37.2 Å². The molecule has 8 heteroatoms. The Labute approximate surface area is 201 Å². The fourth-order valence-electron chi connectivity index (χ4n) is 3.56. The van der Waals surface area contributed by atoms with E-state index in [1.807, 2.05) is 24.3 Å². The number of carboxylic acid groups (broad SMARTS) is 1. The molecule has 0 spiro atoms. The fraction of sp³-hybridized carbons (Fsp3) is 0.296. The maximum atomic E-state index is 13.8. The number of carbonyl (C=O) groups is 1. The lowest BCUT2D eigenvalue weighted by Gasteiger charge is -2.13. The molecule has 3 aromatic rings. The molecule has 0 atom stereocenters. The summed E-state index contributed by atoms with van der Waals surface area (Å²) in [6.07, 6.45) is -2.31. The van der Waals surface area contributed by atoms with Gasteiger partial charge in [0.15, 0.2) is 0 Å². The van der Waals surface area contributed by atoms with Crippen LogP contribution in [0.5, 0.6) is 5.75 Å². The van der Waals surface area contributed by atoms with Crippen LogP contribution in [-0.2, 0) is 24.0 Å². The van der Waals surface area contributed by atoms with Crippen molar-refractivity contribution in [3.05, 3.63) is 89.2 Å². The van der Waals surface area contributed by atoms with Crippen LogP contribution in [-0.4, -0.2) is 24.2 Å². The molecular formula is C27H27F4NO3. The molecule has 0 aliphatic carbocycles. The topological polar surface area (TPSA) is 58.6 Å². The Morgan fingerprint density at radius 2 is 1.54 bits per heavy atom. The molecule has 0 aliphatic rings. The second-order valence-electron chi connectivity index (χ2n) is 8.16. The highest BCUT2D eigenvalue weighted by Gasteiger charge is 2.29. The molecule has 0 bridgehead atoms. The zero-order valence-corrected chi connectivity index (χ0v) is 19.1. The molecule has 0 radical (unpaired) electrons. The van der Waals surface area contributed by atoms with Crippen molar-refractivity contribution in [1.82, 2.24) is 5.32 Å². The van der Waals surface area contributed by atoms with E-state index in [9.17, 15) is 22.4 Å². The summed E-state index contributed by atoms with van der Waals surface area (Å²) in [6, 6.07) is 16.7. The van der Waals surface area contributed by atoms with Crippen molar-refractivity contribution in [1.29, 1.82) is 0 Å². The number of unbranched alkanes of at least 4 members (excludes halogenated alkanes) is 1. The van der Waals surface area contributed by atoms with Crippen LogP contribution in [0.25, 0.3) is 11.1 Å². The highest BCUT2D eigenvalue weighted by molar-refractivity contribution is 5.66. The summed E-state index contributed by atoms with van der Waals surface area (Å²) in [5, 5.41) is 11.9. The van der Waals surface area contributed by atoms with Gasteiger partial charge in [0.25, 0.3) is 0 Å². The van der Waals surface area contributed by atoms with Crippen molar-refractivity contribution < 1.29 is 32.2 Å². The number of aliphatic carboxylic acids is 1. The van der Waals surface area contributed by atoms with Gasteiger partial charge in [-0.2, -0.15) is 13.2 Å². The average Bonchev–Trinajstić information content (AvgIpc) is 2.82. The maximum Gasteiger partial charge on any atom is 0.416 e. The fourth-order valence-corrected chi connectivity index (χ4v) is 3.56. The van der Waals surface area contributed by atoms with Crippen molar-refractivity contribution in [2.75, 3.05) is 13.1 Å². The number of hydrogen-bond donors (Lipinski definition) is 2. The zero-order chi connectivity index (χ0) is 25.3.